The van der Waals surface area contributed by atoms with E-state index >= 15 is 0 Å². The van der Waals surface area contributed by atoms with E-state index in [-0.39, 0.29) is 12.5 Å². The number of carbonyl (C=O) groups is 2. The van der Waals surface area contributed by atoms with Gasteiger partial charge in [0.05, 0.1) is 13.2 Å². The normalized spacial score (nSPS) is 14.1. The first kappa shape index (κ1) is 15.9. The lowest BCUT2D eigenvalue weighted by molar-refractivity contribution is -0.144. The van der Waals surface area contributed by atoms with Gasteiger partial charge in [0.1, 0.15) is 12.6 Å². The number of ether oxygens (including phenoxy) is 2. The first-order valence-corrected chi connectivity index (χ1v) is 5.61. The maximum absolute atomic E-state index is 11.4. The third kappa shape index (κ3) is 6.91. The molecule has 2 atom stereocenters. The lowest BCUT2D eigenvalue weighted by atomic mass is 9.99. The minimum atomic E-state index is -1.02. The number of hydrogen-bond donors (Lipinski definition) is 2. The van der Waals surface area contributed by atoms with Gasteiger partial charge in [-0.3, -0.25) is 4.79 Å². The van der Waals surface area contributed by atoms with Crippen LogP contribution in [0.4, 0.5) is 0 Å². The Bertz CT molecular complexity index is 244. The Morgan fingerprint density at radius 2 is 2.00 bits per heavy atom. The topological polar surface area (TPSA) is 84.9 Å². The molecule has 0 heterocycles. The highest BCUT2D eigenvalue weighted by molar-refractivity contribution is 5.84. The van der Waals surface area contributed by atoms with Crippen LogP contribution in [-0.4, -0.2) is 50.0 Å². The summed E-state index contributed by atoms with van der Waals surface area (Å²) in [5, 5.41) is 11.4. The molecule has 1 amide bonds. The van der Waals surface area contributed by atoms with Crippen LogP contribution in [0.3, 0.4) is 0 Å². The van der Waals surface area contributed by atoms with E-state index < -0.39 is 17.9 Å². The Kier molecular flexibility index (Phi) is 8.35. The number of amides is 1. The molecule has 2 N–H and O–H groups in total. The second-order valence-electron chi connectivity index (χ2n) is 3.81. The van der Waals surface area contributed by atoms with Crippen molar-refractivity contribution in [3.63, 3.8) is 0 Å². The van der Waals surface area contributed by atoms with Crippen LogP contribution in [-0.2, 0) is 19.1 Å². The zero-order chi connectivity index (χ0) is 13.3. The summed E-state index contributed by atoms with van der Waals surface area (Å²) < 4.78 is 9.75. The number of carboxylic acids is 1. The van der Waals surface area contributed by atoms with E-state index in [9.17, 15) is 9.59 Å². The van der Waals surface area contributed by atoms with E-state index in [4.69, 9.17) is 14.6 Å². The molecule has 0 aromatic carbocycles. The number of rotatable bonds is 9. The Hall–Kier alpha value is -1.14. The number of carboxylic acid groups (broad SMARTS) is 1. The summed E-state index contributed by atoms with van der Waals surface area (Å²) in [5.41, 5.74) is 0. The van der Waals surface area contributed by atoms with Crippen LogP contribution in [0.15, 0.2) is 0 Å². The summed E-state index contributed by atoms with van der Waals surface area (Å²) in [7, 11) is 1.53. The molecule has 0 bridgehead atoms. The second kappa shape index (κ2) is 8.95. The van der Waals surface area contributed by atoms with Gasteiger partial charge in [0.2, 0.25) is 5.91 Å². The van der Waals surface area contributed by atoms with E-state index in [1.165, 1.54) is 7.11 Å². The molecule has 17 heavy (non-hydrogen) atoms. The average Bonchev–Trinajstić information content (AvgIpc) is 2.30. The largest absolute Gasteiger partial charge is 0.480 e. The van der Waals surface area contributed by atoms with Crippen LogP contribution in [0.25, 0.3) is 0 Å². The van der Waals surface area contributed by atoms with Gasteiger partial charge in [-0.25, -0.2) is 4.79 Å². The molecule has 0 saturated carbocycles. The number of methoxy groups -OCH3 is 1. The number of aliphatic carboxylic acids is 1. The fourth-order valence-corrected chi connectivity index (χ4v) is 1.21. The summed E-state index contributed by atoms with van der Waals surface area (Å²) >= 11 is 0. The van der Waals surface area contributed by atoms with Crippen molar-refractivity contribution in [2.45, 2.75) is 26.3 Å². The molecular formula is C11H21NO5. The molecule has 0 unspecified atom stereocenters. The molecule has 0 spiro atoms. The number of hydrogen-bond acceptors (Lipinski definition) is 4. The Labute approximate surface area is 101 Å². The zero-order valence-electron chi connectivity index (χ0n) is 10.6. The van der Waals surface area contributed by atoms with Crippen molar-refractivity contribution in [2.24, 2.45) is 5.92 Å². The van der Waals surface area contributed by atoms with Crippen LogP contribution in [0.2, 0.25) is 0 Å². The van der Waals surface area contributed by atoms with Crippen LogP contribution in [0, 0.1) is 5.92 Å². The number of nitrogens with one attached hydrogen (secondary N) is 1. The van der Waals surface area contributed by atoms with Crippen molar-refractivity contribution in [2.75, 3.05) is 26.9 Å². The lowest BCUT2D eigenvalue weighted by Gasteiger charge is -2.20. The van der Waals surface area contributed by atoms with Crippen LogP contribution in [0.5, 0.6) is 0 Å². The van der Waals surface area contributed by atoms with E-state index in [0.717, 1.165) is 0 Å². The first-order valence-electron chi connectivity index (χ1n) is 5.61. The van der Waals surface area contributed by atoms with Gasteiger partial charge in [-0.15, -0.1) is 0 Å². The molecular weight excluding hydrogens is 226 g/mol. The van der Waals surface area contributed by atoms with Crippen LogP contribution < -0.4 is 5.32 Å². The summed E-state index contributed by atoms with van der Waals surface area (Å²) in [5.74, 6) is -1.56. The van der Waals surface area contributed by atoms with Gasteiger partial charge in [0, 0.05) is 7.11 Å². The molecule has 100 valence electrons. The third-order valence-electron chi connectivity index (χ3n) is 2.46. The van der Waals surface area contributed by atoms with Gasteiger partial charge in [0.25, 0.3) is 0 Å². The van der Waals surface area contributed by atoms with E-state index in [0.29, 0.717) is 19.6 Å². The van der Waals surface area contributed by atoms with Gasteiger partial charge in [-0.1, -0.05) is 20.3 Å². The van der Waals surface area contributed by atoms with Gasteiger partial charge in [0.15, 0.2) is 0 Å². The molecule has 0 aliphatic carbocycles. The quantitative estimate of drug-likeness (QED) is 0.571. The van der Waals surface area contributed by atoms with Crippen molar-refractivity contribution < 1.29 is 24.2 Å². The fraction of sp³-hybridized carbons (Fsp3) is 0.818. The highest BCUT2D eigenvalue weighted by Crippen LogP contribution is 2.07. The first-order chi connectivity index (χ1) is 8.02. The summed E-state index contributed by atoms with van der Waals surface area (Å²) in [6.45, 7) is 4.22. The SMILES string of the molecule is CC[C@H](C)[C@H](NC(=O)COCCOC)C(=O)O. The standard InChI is InChI=1S/C11H21NO5/c1-4-8(2)10(11(14)15)12-9(13)7-17-6-5-16-3/h8,10H,4-7H2,1-3H3,(H,12,13)(H,14,15)/t8-,10-/m0/s1. The smallest absolute Gasteiger partial charge is 0.326 e. The molecule has 6 nitrogen and oxygen atoms in total. The molecule has 0 aliphatic rings. The third-order valence-corrected chi connectivity index (χ3v) is 2.46. The van der Waals surface area contributed by atoms with Crippen LogP contribution >= 0.6 is 0 Å². The van der Waals surface area contributed by atoms with Crippen molar-refractivity contribution in [3.05, 3.63) is 0 Å². The minimum absolute atomic E-state index is 0.115. The predicted octanol–water partition coefficient (Wildman–Crippen LogP) is 0.265. The van der Waals surface area contributed by atoms with Crippen molar-refractivity contribution in [3.8, 4) is 0 Å². The van der Waals surface area contributed by atoms with Crippen LogP contribution in [0.1, 0.15) is 20.3 Å². The lowest BCUT2D eigenvalue weighted by Crippen LogP contribution is -2.46. The van der Waals surface area contributed by atoms with Gasteiger partial charge in [-0.05, 0) is 5.92 Å². The highest BCUT2D eigenvalue weighted by atomic mass is 16.5. The van der Waals surface area contributed by atoms with E-state index in [2.05, 4.69) is 5.32 Å². The summed E-state index contributed by atoms with van der Waals surface area (Å²) in [4.78, 5) is 22.3. The van der Waals surface area contributed by atoms with Crippen molar-refractivity contribution in [1.29, 1.82) is 0 Å². The molecule has 6 heteroatoms. The highest BCUT2D eigenvalue weighted by Gasteiger charge is 2.24. The summed E-state index contributed by atoms with van der Waals surface area (Å²) in [6.07, 6.45) is 0.682. The maximum Gasteiger partial charge on any atom is 0.326 e. The predicted molar refractivity (Wildman–Crippen MR) is 61.7 cm³/mol. The Morgan fingerprint density at radius 1 is 1.35 bits per heavy atom. The molecule has 0 saturated heterocycles. The Balaban J connectivity index is 4.00. The van der Waals surface area contributed by atoms with E-state index in [1.807, 2.05) is 6.92 Å². The van der Waals surface area contributed by atoms with Crippen molar-refractivity contribution in [1.82, 2.24) is 5.32 Å². The van der Waals surface area contributed by atoms with Gasteiger partial charge in [-0.2, -0.15) is 0 Å². The maximum atomic E-state index is 11.4. The fourth-order valence-electron chi connectivity index (χ4n) is 1.21. The van der Waals surface area contributed by atoms with E-state index in [1.54, 1.807) is 6.92 Å². The molecule has 0 aliphatic heterocycles. The van der Waals surface area contributed by atoms with Gasteiger partial charge < -0.3 is 19.9 Å². The number of carbonyl (C=O) groups excluding carboxylic acids is 1. The molecule has 0 aromatic heterocycles. The van der Waals surface area contributed by atoms with Crippen molar-refractivity contribution >= 4 is 11.9 Å². The average molecular weight is 247 g/mol. The monoisotopic (exact) mass is 247 g/mol. The zero-order valence-corrected chi connectivity index (χ0v) is 10.6. The second-order valence-corrected chi connectivity index (χ2v) is 3.81. The Morgan fingerprint density at radius 3 is 2.47 bits per heavy atom. The minimum Gasteiger partial charge on any atom is -0.480 e. The molecule has 0 aromatic rings. The molecule has 0 rings (SSSR count). The molecule has 0 radical (unpaired) electrons. The van der Waals surface area contributed by atoms with Gasteiger partial charge >= 0.3 is 5.97 Å². The summed E-state index contributed by atoms with van der Waals surface area (Å²) in [6, 6.07) is -0.862. The molecule has 0 fully saturated rings.